The quantitative estimate of drug-likeness (QED) is 0.479. The third-order valence-corrected chi connectivity index (χ3v) is 2.76. The summed E-state index contributed by atoms with van der Waals surface area (Å²) in [4.78, 5) is 0. The highest BCUT2D eigenvalue weighted by Gasteiger charge is 2.14. The summed E-state index contributed by atoms with van der Waals surface area (Å²) in [5, 5.41) is 0. The molecule has 0 aromatic rings. The van der Waals surface area contributed by atoms with Crippen LogP contribution in [-0.4, -0.2) is 0 Å². The highest BCUT2D eigenvalue weighted by molar-refractivity contribution is 4.66. The van der Waals surface area contributed by atoms with Crippen molar-refractivity contribution in [3.8, 4) is 0 Å². The van der Waals surface area contributed by atoms with Gasteiger partial charge >= 0.3 is 0 Å². The average Bonchev–Trinajstić information content (AvgIpc) is 2.00. The van der Waals surface area contributed by atoms with Crippen molar-refractivity contribution in [2.24, 2.45) is 11.3 Å². The Hall–Kier alpha value is 0. The van der Waals surface area contributed by atoms with E-state index in [0.717, 1.165) is 5.92 Å². The van der Waals surface area contributed by atoms with Crippen molar-refractivity contribution >= 4 is 0 Å². The van der Waals surface area contributed by atoms with Crippen molar-refractivity contribution in [3.63, 3.8) is 0 Å². The molecule has 0 saturated heterocycles. The fourth-order valence-electron chi connectivity index (χ4n) is 2.24. The second kappa shape index (κ2) is 7.31. The van der Waals surface area contributed by atoms with Crippen molar-refractivity contribution in [3.05, 3.63) is 0 Å². The van der Waals surface area contributed by atoms with Crippen LogP contribution in [0.3, 0.4) is 0 Å². The summed E-state index contributed by atoms with van der Waals surface area (Å²) in [5.41, 5.74) is 0.517. The van der Waals surface area contributed by atoms with Gasteiger partial charge in [-0.2, -0.15) is 0 Å². The van der Waals surface area contributed by atoms with Gasteiger partial charge in [-0.3, -0.25) is 0 Å². The molecule has 0 spiro atoms. The van der Waals surface area contributed by atoms with E-state index in [1.165, 1.54) is 44.9 Å². The molecule has 0 heteroatoms. The van der Waals surface area contributed by atoms with E-state index >= 15 is 0 Å². The van der Waals surface area contributed by atoms with Crippen molar-refractivity contribution in [1.29, 1.82) is 0 Å². The van der Waals surface area contributed by atoms with Crippen LogP contribution in [0.1, 0.15) is 79.6 Å². The molecular formula is C14H30. The Balaban J connectivity index is 3.31. The smallest absolute Gasteiger partial charge is 0.0380 e. The van der Waals surface area contributed by atoms with Gasteiger partial charge in [0, 0.05) is 0 Å². The van der Waals surface area contributed by atoms with Gasteiger partial charge in [0.2, 0.25) is 0 Å². The lowest BCUT2D eigenvalue weighted by atomic mass is 9.83. The predicted octanol–water partition coefficient (Wildman–Crippen LogP) is 5.42. The number of hydrogen-bond acceptors (Lipinski definition) is 0. The highest BCUT2D eigenvalue weighted by atomic mass is 14.2. The maximum absolute atomic E-state index is 2.41. The Labute approximate surface area is 91.5 Å². The molecule has 0 saturated carbocycles. The van der Waals surface area contributed by atoms with Crippen LogP contribution in [0.2, 0.25) is 0 Å². The lowest BCUT2D eigenvalue weighted by molar-refractivity contribution is 0.291. The molecule has 0 rings (SSSR count). The van der Waals surface area contributed by atoms with Gasteiger partial charge in [-0.25, -0.2) is 0 Å². The molecular weight excluding hydrogens is 168 g/mol. The van der Waals surface area contributed by atoms with Gasteiger partial charge in [-0.1, -0.05) is 73.1 Å². The van der Waals surface area contributed by atoms with E-state index in [0.29, 0.717) is 5.41 Å². The van der Waals surface area contributed by atoms with Crippen molar-refractivity contribution in [2.75, 3.05) is 0 Å². The lowest BCUT2D eigenvalue weighted by Gasteiger charge is -2.23. The predicted molar refractivity (Wildman–Crippen MR) is 66.6 cm³/mol. The zero-order valence-electron chi connectivity index (χ0n) is 11.0. The second-order valence-electron chi connectivity index (χ2n) is 6.07. The number of rotatable bonds is 7. The molecule has 0 bridgehead atoms. The average molecular weight is 198 g/mol. The summed E-state index contributed by atoms with van der Waals surface area (Å²) in [6.45, 7) is 11.7. The highest BCUT2D eigenvalue weighted by Crippen LogP contribution is 2.27. The number of hydrogen-bond donors (Lipinski definition) is 0. The van der Waals surface area contributed by atoms with Crippen LogP contribution in [0, 0.1) is 11.3 Å². The van der Waals surface area contributed by atoms with E-state index in [-0.39, 0.29) is 0 Å². The summed E-state index contributed by atoms with van der Waals surface area (Å²) >= 11 is 0. The molecule has 0 aromatic carbocycles. The zero-order chi connectivity index (χ0) is 11.0. The Morgan fingerprint density at radius 1 is 0.929 bits per heavy atom. The lowest BCUT2D eigenvalue weighted by Crippen LogP contribution is -2.10. The fourth-order valence-corrected chi connectivity index (χ4v) is 2.24. The molecule has 0 aliphatic carbocycles. The molecule has 1 unspecified atom stereocenters. The third kappa shape index (κ3) is 10.1. The van der Waals surface area contributed by atoms with Crippen LogP contribution in [0.5, 0.6) is 0 Å². The monoisotopic (exact) mass is 198 g/mol. The van der Waals surface area contributed by atoms with E-state index in [2.05, 4.69) is 34.6 Å². The van der Waals surface area contributed by atoms with Crippen molar-refractivity contribution in [1.82, 2.24) is 0 Å². The first-order valence-electron chi connectivity index (χ1n) is 6.45. The zero-order valence-corrected chi connectivity index (χ0v) is 11.0. The van der Waals surface area contributed by atoms with Crippen LogP contribution in [0.25, 0.3) is 0 Å². The Morgan fingerprint density at radius 3 is 2.00 bits per heavy atom. The molecule has 0 nitrogen and oxygen atoms in total. The summed E-state index contributed by atoms with van der Waals surface area (Å²) in [7, 11) is 0. The van der Waals surface area contributed by atoms with E-state index < -0.39 is 0 Å². The van der Waals surface area contributed by atoms with Crippen LogP contribution < -0.4 is 0 Å². The first-order chi connectivity index (χ1) is 6.45. The third-order valence-electron chi connectivity index (χ3n) is 2.76. The first-order valence-corrected chi connectivity index (χ1v) is 6.45. The van der Waals surface area contributed by atoms with E-state index in [9.17, 15) is 0 Å². The minimum absolute atomic E-state index is 0.517. The van der Waals surface area contributed by atoms with Gasteiger partial charge in [0.05, 0.1) is 0 Å². The minimum atomic E-state index is 0.517. The second-order valence-corrected chi connectivity index (χ2v) is 6.07. The Bertz CT molecular complexity index is 118. The minimum Gasteiger partial charge on any atom is -0.0654 e. The summed E-state index contributed by atoms with van der Waals surface area (Å²) in [5.74, 6) is 0.914. The van der Waals surface area contributed by atoms with Crippen LogP contribution >= 0.6 is 0 Å². The van der Waals surface area contributed by atoms with Gasteiger partial charge in [0.25, 0.3) is 0 Å². The molecule has 0 radical (unpaired) electrons. The van der Waals surface area contributed by atoms with Crippen LogP contribution in [-0.2, 0) is 0 Å². The van der Waals surface area contributed by atoms with E-state index in [1.807, 2.05) is 0 Å². The van der Waals surface area contributed by atoms with Gasteiger partial charge in [-0.15, -0.1) is 0 Å². The molecule has 0 aliphatic rings. The maximum atomic E-state index is 2.41. The van der Waals surface area contributed by atoms with Gasteiger partial charge in [0.1, 0.15) is 0 Å². The molecule has 86 valence electrons. The molecule has 0 fully saturated rings. The molecule has 1 atom stereocenters. The summed E-state index contributed by atoms with van der Waals surface area (Å²) in [6.07, 6.45) is 9.92. The van der Waals surface area contributed by atoms with E-state index in [1.54, 1.807) is 0 Å². The Kier molecular flexibility index (Phi) is 7.31. The summed E-state index contributed by atoms with van der Waals surface area (Å²) in [6, 6.07) is 0. The van der Waals surface area contributed by atoms with E-state index in [4.69, 9.17) is 0 Å². The van der Waals surface area contributed by atoms with Crippen molar-refractivity contribution < 1.29 is 0 Å². The van der Waals surface area contributed by atoms with Crippen LogP contribution in [0.15, 0.2) is 0 Å². The van der Waals surface area contributed by atoms with Gasteiger partial charge < -0.3 is 0 Å². The van der Waals surface area contributed by atoms with Crippen molar-refractivity contribution in [2.45, 2.75) is 79.6 Å². The SMILES string of the molecule is CCCCCCCC(C)CC(C)(C)C. The molecule has 0 amide bonds. The molecule has 0 N–H and O–H groups in total. The van der Waals surface area contributed by atoms with Gasteiger partial charge in [-0.05, 0) is 17.8 Å². The first kappa shape index (κ1) is 14.0. The molecule has 0 aromatic heterocycles. The van der Waals surface area contributed by atoms with Gasteiger partial charge in [0.15, 0.2) is 0 Å². The molecule has 0 heterocycles. The summed E-state index contributed by atoms with van der Waals surface area (Å²) < 4.78 is 0. The normalized spacial score (nSPS) is 14.4. The standard InChI is InChI=1S/C14H30/c1-6-7-8-9-10-11-13(2)12-14(3,4)5/h13H,6-12H2,1-5H3. The Morgan fingerprint density at radius 2 is 1.50 bits per heavy atom. The fraction of sp³-hybridized carbons (Fsp3) is 1.00. The van der Waals surface area contributed by atoms with Crippen LogP contribution in [0.4, 0.5) is 0 Å². The maximum Gasteiger partial charge on any atom is -0.0380 e. The molecule has 14 heavy (non-hydrogen) atoms. The largest absolute Gasteiger partial charge is 0.0654 e. The number of unbranched alkanes of at least 4 members (excludes halogenated alkanes) is 4. The molecule has 0 aliphatic heterocycles. The topological polar surface area (TPSA) is 0 Å².